The van der Waals surface area contributed by atoms with Crippen LogP contribution in [0.1, 0.15) is 33.1 Å². The van der Waals surface area contributed by atoms with Crippen LogP contribution in [0.25, 0.3) is 0 Å². The fourth-order valence-electron chi connectivity index (χ4n) is 1.77. The summed E-state index contributed by atoms with van der Waals surface area (Å²) in [7, 11) is 0. The number of ether oxygens (including phenoxy) is 2. The number of cyclic esters (lactones) is 1. The molecule has 4 nitrogen and oxygen atoms in total. The number of hydrogen-bond donors (Lipinski definition) is 0. The molecule has 0 saturated carbocycles. The lowest BCUT2D eigenvalue weighted by Crippen LogP contribution is -2.37. The Morgan fingerprint density at radius 3 is 2.71 bits per heavy atom. The zero-order valence-electron chi connectivity index (χ0n) is 8.67. The van der Waals surface area contributed by atoms with Crippen LogP contribution in [0.3, 0.4) is 0 Å². The van der Waals surface area contributed by atoms with Gasteiger partial charge in [0.05, 0.1) is 13.2 Å². The Morgan fingerprint density at radius 1 is 1.57 bits per heavy atom. The summed E-state index contributed by atoms with van der Waals surface area (Å²) < 4.78 is 9.76. The van der Waals surface area contributed by atoms with Crippen molar-refractivity contribution < 1.29 is 19.1 Å². The van der Waals surface area contributed by atoms with Gasteiger partial charge in [0, 0.05) is 6.42 Å². The quantitative estimate of drug-likeness (QED) is 0.506. The molecule has 80 valence electrons. The molecule has 0 spiro atoms. The van der Waals surface area contributed by atoms with Crippen molar-refractivity contribution >= 4 is 11.9 Å². The van der Waals surface area contributed by atoms with Crippen molar-refractivity contribution in [3.8, 4) is 0 Å². The molecule has 0 N–H and O–H groups in total. The van der Waals surface area contributed by atoms with E-state index in [9.17, 15) is 9.59 Å². The molecule has 1 aliphatic heterocycles. The largest absolute Gasteiger partial charge is 0.465 e. The van der Waals surface area contributed by atoms with E-state index in [0.717, 1.165) is 6.42 Å². The van der Waals surface area contributed by atoms with Crippen LogP contribution >= 0.6 is 0 Å². The molecule has 1 heterocycles. The Balaban J connectivity index is 2.80. The van der Waals surface area contributed by atoms with E-state index in [-0.39, 0.29) is 0 Å². The van der Waals surface area contributed by atoms with Crippen LogP contribution in [0.5, 0.6) is 0 Å². The lowest BCUT2D eigenvalue weighted by Gasteiger charge is -2.21. The molecule has 0 radical (unpaired) electrons. The van der Waals surface area contributed by atoms with Crippen LogP contribution in [0.2, 0.25) is 0 Å². The summed E-state index contributed by atoms with van der Waals surface area (Å²) in [6.07, 6.45) is 1.75. The van der Waals surface area contributed by atoms with Gasteiger partial charge in [-0.1, -0.05) is 13.3 Å². The highest BCUT2D eigenvalue weighted by molar-refractivity contribution is 6.01. The molecule has 14 heavy (non-hydrogen) atoms. The highest BCUT2D eigenvalue weighted by Gasteiger charge is 2.51. The number of hydrogen-bond acceptors (Lipinski definition) is 4. The van der Waals surface area contributed by atoms with E-state index < -0.39 is 17.4 Å². The van der Waals surface area contributed by atoms with Gasteiger partial charge in [0.25, 0.3) is 0 Å². The highest BCUT2D eigenvalue weighted by Crippen LogP contribution is 2.36. The summed E-state index contributed by atoms with van der Waals surface area (Å²) in [6, 6.07) is 0. The predicted molar refractivity (Wildman–Crippen MR) is 49.6 cm³/mol. The van der Waals surface area contributed by atoms with E-state index in [4.69, 9.17) is 9.47 Å². The van der Waals surface area contributed by atoms with Crippen molar-refractivity contribution in [1.29, 1.82) is 0 Å². The monoisotopic (exact) mass is 200 g/mol. The summed E-state index contributed by atoms with van der Waals surface area (Å²) in [5, 5.41) is 0. The van der Waals surface area contributed by atoms with Gasteiger partial charge >= 0.3 is 11.9 Å². The van der Waals surface area contributed by atoms with Crippen LogP contribution in [-0.4, -0.2) is 25.2 Å². The molecule has 1 fully saturated rings. The fourth-order valence-corrected chi connectivity index (χ4v) is 1.77. The summed E-state index contributed by atoms with van der Waals surface area (Å²) in [5.41, 5.74) is -1.01. The van der Waals surface area contributed by atoms with Gasteiger partial charge in [0.2, 0.25) is 0 Å². The van der Waals surface area contributed by atoms with E-state index >= 15 is 0 Å². The Bertz CT molecular complexity index is 236. The average Bonchev–Trinajstić information content (AvgIpc) is 2.50. The summed E-state index contributed by atoms with van der Waals surface area (Å²) in [4.78, 5) is 23.1. The first kappa shape index (κ1) is 11.0. The van der Waals surface area contributed by atoms with Crippen LogP contribution in [0.4, 0.5) is 0 Å². The molecule has 0 aromatic carbocycles. The zero-order valence-corrected chi connectivity index (χ0v) is 8.67. The van der Waals surface area contributed by atoms with E-state index in [0.29, 0.717) is 26.1 Å². The standard InChI is InChI=1S/C10H16O4/c1-3-5-10(8(11)13-4-2)6-7-14-9(10)12/h3-7H2,1-2H3/t10-/m0/s1. The third kappa shape index (κ3) is 1.74. The minimum atomic E-state index is -1.01. The number of rotatable bonds is 4. The fraction of sp³-hybridized carbons (Fsp3) is 0.800. The molecule has 1 rings (SSSR count). The normalized spacial score (nSPS) is 26.0. The van der Waals surface area contributed by atoms with Gasteiger partial charge < -0.3 is 9.47 Å². The van der Waals surface area contributed by atoms with Gasteiger partial charge in [-0.05, 0) is 13.3 Å². The van der Waals surface area contributed by atoms with Gasteiger partial charge in [0.15, 0.2) is 5.41 Å². The van der Waals surface area contributed by atoms with E-state index in [1.165, 1.54) is 0 Å². The first-order valence-electron chi connectivity index (χ1n) is 5.02. The molecule has 0 bridgehead atoms. The van der Waals surface area contributed by atoms with Gasteiger partial charge in [0.1, 0.15) is 0 Å². The van der Waals surface area contributed by atoms with Crippen LogP contribution in [0, 0.1) is 5.41 Å². The Labute approximate surface area is 83.6 Å². The molecule has 1 saturated heterocycles. The van der Waals surface area contributed by atoms with E-state index in [1.807, 2.05) is 6.92 Å². The van der Waals surface area contributed by atoms with E-state index in [2.05, 4.69) is 0 Å². The second-order valence-electron chi connectivity index (χ2n) is 3.44. The summed E-state index contributed by atoms with van der Waals surface area (Å²) in [6.45, 7) is 4.31. The Hall–Kier alpha value is -1.06. The third-order valence-electron chi connectivity index (χ3n) is 2.50. The molecule has 0 amide bonds. The van der Waals surface area contributed by atoms with Crippen LogP contribution in [-0.2, 0) is 19.1 Å². The molecule has 0 unspecified atom stereocenters. The first-order valence-corrected chi connectivity index (χ1v) is 5.02. The SMILES string of the molecule is CCC[C@@]1(C(=O)OCC)CCOC1=O. The molecular weight excluding hydrogens is 184 g/mol. The van der Waals surface area contributed by atoms with Crippen molar-refractivity contribution in [2.75, 3.05) is 13.2 Å². The number of esters is 2. The van der Waals surface area contributed by atoms with Crippen LogP contribution < -0.4 is 0 Å². The minimum Gasteiger partial charge on any atom is -0.465 e. The minimum absolute atomic E-state index is 0.303. The van der Waals surface area contributed by atoms with E-state index in [1.54, 1.807) is 6.92 Å². The molecule has 1 aliphatic rings. The molecule has 0 aliphatic carbocycles. The van der Waals surface area contributed by atoms with Crippen molar-refractivity contribution in [3.63, 3.8) is 0 Å². The lowest BCUT2D eigenvalue weighted by molar-refractivity contribution is -0.165. The van der Waals surface area contributed by atoms with Crippen molar-refractivity contribution in [2.45, 2.75) is 33.1 Å². The molecule has 4 heteroatoms. The second-order valence-corrected chi connectivity index (χ2v) is 3.44. The maximum Gasteiger partial charge on any atom is 0.323 e. The molecule has 0 aromatic rings. The van der Waals surface area contributed by atoms with Gasteiger partial charge in [-0.2, -0.15) is 0 Å². The number of carbonyl (C=O) groups excluding carboxylic acids is 2. The summed E-state index contributed by atoms with van der Waals surface area (Å²) >= 11 is 0. The molecular formula is C10H16O4. The van der Waals surface area contributed by atoms with Gasteiger partial charge in [-0.15, -0.1) is 0 Å². The highest BCUT2D eigenvalue weighted by atomic mass is 16.6. The smallest absolute Gasteiger partial charge is 0.323 e. The first-order chi connectivity index (χ1) is 6.67. The van der Waals surface area contributed by atoms with Crippen LogP contribution in [0.15, 0.2) is 0 Å². The topological polar surface area (TPSA) is 52.6 Å². The average molecular weight is 200 g/mol. The summed E-state index contributed by atoms with van der Waals surface area (Å²) in [5.74, 6) is -0.845. The Morgan fingerprint density at radius 2 is 2.29 bits per heavy atom. The third-order valence-corrected chi connectivity index (χ3v) is 2.50. The van der Waals surface area contributed by atoms with Crippen molar-refractivity contribution in [1.82, 2.24) is 0 Å². The Kier molecular flexibility index (Phi) is 3.49. The maximum atomic E-state index is 11.6. The van der Waals surface area contributed by atoms with Crippen molar-refractivity contribution in [3.05, 3.63) is 0 Å². The van der Waals surface area contributed by atoms with Gasteiger partial charge in [-0.3, -0.25) is 9.59 Å². The zero-order chi connectivity index (χ0) is 10.6. The van der Waals surface area contributed by atoms with Gasteiger partial charge in [-0.25, -0.2) is 0 Å². The maximum absolute atomic E-state index is 11.6. The van der Waals surface area contributed by atoms with Crippen molar-refractivity contribution in [2.24, 2.45) is 5.41 Å². The second kappa shape index (κ2) is 4.44. The molecule has 0 aromatic heterocycles. The predicted octanol–water partition coefficient (Wildman–Crippen LogP) is 1.28. The lowest BCUT2D eigenvalue weighted by atomic mass is 9.82. The number of carbonyl (C=O) groups is 2. The molecule has 1 atom stereocenters.